The number of halogens is 1. The van der Waals surface area contributed by atoms with Crippen LogP contribution in [0.3, 0.4) is 0 Å². The van der Waals surface area contributed by atoms with Gasteiger partial charge in [0.1, 0.15) is 5.82 Å². The van der Waals surface area contributed by atoms with Crippen LogP contribution in [0, 0.1) is 5.82 Å². The van der Waals surface area contributed by atoms with Crippen LogP contribution < -0.4 is 0 Å². The summed E-state index contributed by atoms with van der Waals surface area (Å²) in [6.07, 6.45) is 2.41. The summed E-state index contributed by atoms with van der Waals surface area (Å²) < 4.78 is 12.8. The second-order valence-electron chi connectivity index (χ2n) is 5.34. The van der Waals surface area contributed by atoms with Gasteiger partial charge in [-0.25, -0.2) is 4.39 Å². The molecule has 0 atom stereocenters. The third kappa shape index (κ3) is 3.77. The Kier molecular flexibility index (Phi) is 4.53. The van der Waals surface area contributed by atoms with Gasteiger partial charge in [0.05, 0.1) is 6.42 Å². The Hall–Kier alpha value is -1.42. The van der Waals surface area contributed by atoms with Gasteiger partial charge in [-0.3, -0.25) is 4.79 Å². The van der Waals surface area contributed by atoms with Crippen molar-refractivity contribution in [3.8, 4) is 0 Å². The monoisotopic (exact) mass is 264 g/mol. The lowest BCUT2D eigenvalue weighted by Gasteiger charge is -2.35. The van der Waals surface area contributed by atoms with E-state index in [-0.39, 0.29) is 11.7 Å². The van der Waals surface area contributed by atoms with Crippen LogP contribution in [0.1, 0.15) is 18.4 Å². The van der Waals surface area contributed by atoms with E-state index >= 15 is 0 Å². The Morgan fingerprint density at radius 3 is 2.47 bits per heavy atom. The largest absolute Gasteiger partial charge is 0.342 e. The molecule has 0 spiro atoms. The van der Waals surface area contributed by atoms with E-state index in [0.717, 1.165) is 31.5 Å². The molecule has 0 aromatic heterocycles. The lowest BCUT2D eigenvalue weighted by molar-refractivity contribution is -0.132. The Balaban J connectivity index is 1.90. The van der Waals surface area contributed by atoms with Gasteiger partial charge in [0.15, 0.2) is 0 Å². The van der Waals surface area contributed by atoms with Crippen molar-refractivity contribution >= 4 is 5.91 Å². The van der Waals surface area contributed by atoms with Gasteiger partial charge in [0.25, 0.3) is 0 Å². The molecular formula is C15H21FN2O. The summed E-state index contributed by atoms with van der Waals surface area (Å²) in [7, 11) is 3.98. The number of piperidine rings is 1. The van der Waals surface area contributed by atoms with Crippen LogP contribution in [0.25, 0.3) is 0 Å². The van der Waals surface area contributed by atoms with Crippen molar-refractivity contribution in [3.05, 3.63) is 35.6 Å². The average Bonchev–Trinajstić information content (AvgIpc) is 2.41. The van der Waals surface area contributed by atoms with E-state index in [0.29, 0.717) is 12.5 Å². The first-order valence-corrected chi connectivity index (χ1v) is 6.75. The number of rotatable bonds is 3. The second kappa shape index (κ2) is 6.15. The van der Waals surface area contributed by atoms with Crippen LogP contribution in [-0.2, 0) is 11.2 Å². The lowest BCUT2D eigenvalue weighted by atomic mass is 10.0. The summed E-state index contributed by atoms with van der Waals surface area (Å²) in [4.78, 5) is 16.3. The van der Waals surface area contributed by atoms with Crippen LogP contribution in [-0.4, -0.2) is 48.9 Å². The number of hydrogen-bond acceptors (Lipinski definition) is 2. The standard InChI is InChI=1S/C15H21FN2O/c1-17-9-7-14(8-10-17)18(2)15(19)11-12-3-5-13(16)6-4-12/h3-6,14H,7-11H2,1-2H3. The molecule has 1 aromatic carbocycles. The number of likely N-dealkylation sites (N-methyl/N-ethyl adjacent to an activating group) is 1. The molecule has 0 aliphatic carbocycles. The van der Waals surface area contributed by atoms with E-state index in [1.165, 1.54) is 12.1 Å². The van der Waals surface area contributed by atoms with Gasteiger partial charge in [-0.15, -0.1) is 0 Å². The fourth-order valence-corrected chi connectivity index (χ4v) is 2.49. The number of nitrogens with zero attached hydrogens (tertiary/aromatic N) is 2. The van der Waals surface area contributed by atoms with Crippen molar-refractivity contribution in [1.29, 1.82) is 0 Å². The van der Waals surface area contributed by atoms with Crippen LogP contribution in [0.4, 0.5) is 4.39 Å². The van der Waals surface area contributed by atoms with Crippen LogP contribution in [0.5, 0.6) is 0 Å². The van der Waals surface area contributed by atoms with Crippen molar-refractivity contribution < 1.29 is 9.18 Å². The predicted octanol–water partition coefficient (Wildman–Crippen LogP) is 1.92. The van der Waals surface area contributed by atoms with Gasteiger partial charge in [-0.1, -0.05) is 12.1 Å². The first kappa shape index (κ1) is 14.0. The number of carbonyl (C=O) groups excluding carboxylic acids is 1. The molecule has 1 aliphatic rings. The zero-order valence-electron chi connectivity index (χ0n) is 11.6. The van der Waals surface area contributed by atoms with Crippen molar-refractivity contribution in [3.63, 3.8) is 0 Å². The number of likely N-dealkylation sites (tertiary alicyclic amines) is 1. The molecular weight excluding hydrogens is 243 g/mol. The maximum absolute atomic E-state index is 12.8. The van der Waals surface area contributed by atoms with Gasteiger partial charge >= 0.3 is 0 Å². The van der Waals surface area contributed by atoms with Crippen molar-refractivity contribution in [1.82, 2.24) is 9.80 Å². The van der Waals surface area contributed by atoms with E-state index in [1.54, 1.807) is 12.1 Å². The highest BCUT2D eigenvalue weighted by Crippen LogP contribution is 2.15. The van der Waals surface area contributed by atoms with E-state index in [4.69, 9.17) is 0 Å². The fourth-order valence-electron chi connectivity index (χ4n) is 2.49. The molecule has 0 radical (unpaired) electrons. The molecule has 1 saturated heterocycles. The normalized spacial score (nSPS) is 17.4. The van der Waals surface area contributed by atoms with Gasteiger partial charge in [-0.05, 0) is 50.7 Å². The molecule has 0 bridgehead atoms. The van der Waals surface area contributed by atoms with Crippen molar-refractivity contribution in [2.24, 2.45) is 0 Å². The first-order chi connectivity index (χ1) is 9.06. The molecule has 1 fully saturated rings. The average molecular weight is 264 g/mol. The molecule has 0 unspecified atom stereocenters. The third-order valence-electron chi connectivity index (χ3n) is 3.90. The van der Waals surface area contributed by atoms with Crippen LogP contribution in [0.2, 0.25) is 0 Å². The minimum absolute atomic E-state index is 0.112. The summed E-state index contributed by atoms with van der Waals surface area (Å²) in [6, 6.07) is 6.49. The number of benzene rings is 1. The zero-order chi connectivity index (χ0) is 13.8. The van der Waals surface area contributed by atoms with E-state index in [2.05, 4.69) is 11.9 Å². The smallest absolute Gasteiger partial charge is 0.226 e. The molecule has 0 saturated carbocycles. The molecule has 0 N–H and O–H groups in total. The van der Waals surface area contributed by atoms with E-state index in [9.17, 15) is 9.18 Å². The number of amides is 1. The topological polar surface area (TPSA) is 23.6 Å². The minimum atomic E-state index is -0.264. The van der Waals surface area contributed by atoms with E-state index < -0.39 is 0 Å². The molecule has 2 rings (SSSR count). The van der Waals surface area contributed by atoms with Crippen molar-refractivity contribution in [2.45, 2.75) is 25.3 Å². The number of carbonyl (C=O) groups is 1. The second-order valence-corrected chi connectivity index (χ2v) is 5.34. The van der Waals surface area contributed by atoms with Gasteiger partial charge in [-0.2, -0.15) is 0 Å². The summed E-state index contributed by atoms with van der Waals surface area (Å²) in [5.41, 5.74) is 0.867. The summed E-state index contributed by atoms with van der Waals surface area (Å²) in [5.74, 6) is -0.152. The lowest BCUT2D eigenvalue weighted by Crippen LogP contribution is -2.44. The molecule has 104 valence electrons. The van der Waals surface area contributed by atoms with Gasteiger partial charge < -0.3 is 9.80 Å². The Morgan fingerprint density at radius 1 is 1.32 bits per heavy atom. The molecule has 1 aromatic rings. The Labute approximate surface area is 114 Å². The van der Waals surface area contributed by atoms with Crippen LogP contribution in [0.15, 0.2) is 24.3 Å². The highest BCUT2D eigenvalue weighted by Gasteiger charge is 2.23. The maximum Gasteiger partial charge on any atom is 0.226 e. The molecule has 19 heavy (non-hydrogen) atoms. The zero-order valence-corrected chi connectivity index (χ0v) is 11.6. The molecule has 1 aliphatic heterocycles. The van der Waals surface area contributed by atoms with E-state index in [1.807, 2.05) is 11.9 Å². The quantitative estimate of drug-likeness (QED) is 0.832. The Morgan fingerprint density at radius 2 is 1.89 bits per heavy atom. The maximum atomic E-state index is 12.8. The third-order valence-corrected chi connectivity index (χ3v) is 3.90. The van der Waals surface area contributed by atoms with Gasteiger partial charge in [0.2, 0.25) is 5.91 Å². The fraction of sp³-hybridized carbons (Fsp3) is 0.533. The summed E-state index contributed by atoms with van der Waals surface area (Å²) >= 11 is 0. The molecule has 1 heterocycles. The highest BCUT2D eigenvalue weighted by atomic mass is 19.1. The summed E-state index contributed by atoms with van der Waals surface area (Å²) in [6.45, 7) is 2.08. The molecule has 1 amide bonds. The Bertz CT molecular complexity index is 424. The SMILES string of the molecule is CN1CCC(N(C)C(=O)Cc2ccc(F)cc2)CC1. The minimum Gasteiger partial charge on any atom is -0.342 e. The highest BCUT2D eigenvalue weighted by molar-refractivity contribution is 5.78. The van der Waals surface area contributed by atoms with Crippen LogP contribution >= 0.6 is 0 Å². The summed E-state index contributed by atoms with van der Waals surface area (Å²) in [5, 5.41) is 0. The van der Waals surface area contributed by atoms with Crippen molar-refractivity contribution in [2.75, 3.05) is 27.2 Å². The first-order valence-electron chi connectivity index (χ1n) is 6.75. The molecule has 4 heteroatoms. The predicted molar refractivity (Wildman–Crippen MR) is 73.4 cm³/mol. The number of hydrogen-bond donors (Lipinski definition) is 0. The van der Waals surface area contributed by atoms with Gasteiger partial charge in [0, 0.05) is 13.1 Å². The molecule has 3 nitrogen and oxygen atoms in total.